The summed E-state index contributed by atoms with van der Waals surface area (Å²) in [6.07, 6.45) is -9.73. The van der Waals surface area contributed by atoms with Crippen LogP contribution in [-0.2, 0) is 5.60 Å². The minimum absolute atomic E-state index is 0.257. The monoisotopic (exact) mass is 286 g/mol. The van der Waals surface area contributed by atoms with Gasteiger partial charge < -0.3 is 9.84 Å². The third-order valence-electron chi connectivity index (χ3n) is 2.26. The number of benzene rings is 1. The number of alkyl halides is 6. The van der Waals surface area contributed by atoms with Crippen molar-refractivity contribution in [3.8, 4) is 5.75 Å². The van der Waals surface area contributed by atoms with E-state index in [1.165, 1.54) is 0 Å². The molecule has 0 aromatic heterocycles. The summed E-state index contributed by atoms with van der Waals surface area (Å²) in [5, 5.41) is 9.45. The summed E-state index contributed by atoms with van der Waals surface area (Å²) in [5.74, 6) is -0.690. The van der Waals surface area contributed by atoms with Gasteiger partial charge in [0.2, 0.25) is 5.60 Å². The number of aliphatic hydroxyl groups is 1. The Balaban J connectivity index is 3.08. The van der Waals surface area contributed by atoms with Crippen molar-refractivity contribution in [3.05, 3.63) is 42.5 Å². The molecule has 0 bridgehead atoms. The zero-order chi connectivity index (χ0) is 14.9. The zero-order valence-corrected chi connectivity index (χ0v) is 9.22. The van der Waals surface area contributed by atoms with E-state index in [4.69, 9.17) is 0 Å². The van der Waals surface area contributed by atoms with Crippen molar-refractivity contribution in [2.45, 2.75) is 18.1 Å². The first-order chi connectivity index (χ1) is 8.49. The molecule has 8 heteroatoms. The fraction of sp³-hybridized carbons (Fsp3) is 0.273. The molecule has 2 nitrogen and oxygen atoms in total. The molecular weight excluding hydrogens is 278 g/mol. The maximum atomic E-state index is 12.6. The van der Waals surface area contributed by atoms with Crippen LogP contribution in [-0.4, -0.2) is 17.6 Å². The molecule has 0 heterocycles. The first-order valence-corrected chi connectivity index (χ1v) is 4.78. The molecule has 0 fully saturated rings. The van der Waals surface area contributed by atoms with Gasteiger partial charge in [-0.3, -0.25) is 0 Å². The largest absolute Gasteiger partial charge is 0.573 e. The number of ether oxygens (including phenoxy) is 1. The van der Waals surface area contributed by atoms with E-state index in [-0.39, 0.29) is 6.08 Å². The molecule has 19 heavy (non-hydrogen) atoms. The molecule has 1 atom stereocenters. The van der Waals surface area contributed by atoms with Gasteiger partial charge in [-0.15, -0.1) is 13.2 Å². The van der Waals surface area contributed by atoms with Gasteiger partial charge in [0.25, 0.3) is 0 Å². The van der Waals surface area contributed by atoms with E-state index in [9.17, 15) is 31.4 Å². The highest BCUT2D eigenvalue weighted by atomic mass is 19.4. The lowest BCUT2D eigenvalue weighted by Crippen LogP contribution is -2.40. The molecule has 0 saturated heterocycles. The Morgan fingerprint density at radius 2 is 1.47 bits per heavy atom. The third kappa shape index (κ3) is 3.40. The molecule has 106 valence electrons. The Kier molecular flexibility index (Phi) is 3.85. The van der Waals surface area contributed by atoms with E-state index in [1.807, 2.05) is 0 Å². The second-order valence-electron chi connectivity index (χ2n) is 3.54. The highest BCUT2D eigenvalue weighted by Crippen LogP contribution is 2.40. The summed E-state index contributed by atoms with van der Waals surface area (Å²) in [5.41, 5.74) is -3.99. The van der Waals surface area contributed by atoms with Gasteiger partial charge in [0.15, 0.2) is 0 Å². The van der Waals surface area contributed by atoms with Crippen LogP contribution >= 0.6 is 0 Å². The van der Waals surface area contributed by atoms with Crippen molar-refractivity contribution in [2.24, 2.45) is 0 Å². The Labute approximate surface area is 103 Å². The van der Waals surface area contributed by atoms with E-state index in [2.05, 4.69) is 11.3 Å². The van der Waals surface area contributed by atoms with E-state index < -0.39 is 29.5 Å². The second-order valence-corrected chi connectivity index (χ2v) is 3.54. The predicted octanol–water partition coefficient (Wildman–Crippen LogP) is 3.52. The van der Waals surface area contributed by atoms with Crippen LogP contribution < -0.4 is 4.74 Å². The summed E-state index contributed by atoms with van der Waals surface area (Å²) in [6, 6.07) is 2.69. The normalized spacial score (nSPS) is 15.7. The van der Waals surface area contributed by atoms with Crippen LogP contribution in [0.1, 0.15) is 5.56 Å². The fourth-order valence-electron chi connectivity index (χ4n) is 1.31. The highest BCUT2D eigenvalue weighted by molar-refractivity contribution is 5.34. The Morgan fingerprint density at radius 3 is 1.79 bits per heavy atom. The first-order valence-electron chi connectivity index (χ1n) is 4.78. The van der Waals surface area contributed by atoms with Gasteiger partial charge in [-0.2, -0.15) is 13.2 Å². The quantitative estimate of drug-likeness (QED) is 0.680. The Hall–Kier alpha value is -1.70. The van der Waals surface area contributed by atoms with Gasteiger partial charge >= 0.3 is 12.5 Å². The molecule has 1 unspecified atom stereocenters. The summed E-state index contributed by atoms with van der Waals surface area (Å²) in [7, 11) is 0. The van der Waals surface area contributed by atoms with Crippen molar-refractivity contribution >= 4 is 0 Å². The van der Waals surface area contributed by atoms with Crippen molar-refractivity contribution in [1.29, 1.82) is 0 Å². The molecule has 1 aromatic rings. The molecular formula is C11H8F6O2. The lowest BCUT2D eigenvalue weighted by Gasteiger charge is -2.27. The van der Waals surface area contributed by atoms with Crippen molar-refractivity contribution in [2.75, 3.05) is 0 Å². The van der Waals surface area contributed by atoms with Gasteiger partial charge in [0, 0.05) is 0 Å². The van der Waals surface area contributed by atoms with E-state index in [1.54, 1.807) is 0 Å². The van der Waals surface area contributed by atoms with Crippen LogP contribution in [0.25, 0.3) is 0 Å². The van der Waals surface area contributed by atoms with Crippen LogP contribution in [0.2, 0.25) is 0 Å². The SMILES string of the molecule is C=CC(O)(c1ccc(OC(F)(F)F)cc1)C(F)(F)F. The second kappa shape index (κ2) is 4.76. The van der Waals surface area contributed by atoms with Crippen LogP contribution in [0, 0.1) is 0 Å². The van der Waals surface area contributed by atoms with Gasteiger partial charge in [0.1, 0.15) is 5.75 Å². The van der Waals surface area contributed by atoms with E-state index >= 15 is 0 Å². The average Bonchev–Trinajstić information content (AvgIpc) is 2.25. The molecule has 0 amide bonds. The molecule has 0 spiro atoms. The topological polar surface area (TPSA) is 29.5 Å². The molecule has 0 aliphatic carbocycles. The summed E-state index contributed by atoms with van der Waals surface area (Å²) >= 11 is 0. The lowest BCUT2D eigenvalue weighted by molar-refractivity contribution is -0.274. The maximum Gasteiger partial charge on any atom is 0.573 e. The lowest BCUT2D eigenvalue weighted by atomic mass is 9.93. The summed E-state index contributed by atoms with van der Waals surface area (Å²) in [4.78, 5) is 0. The van der Waals surface area contributed by atoms with Gasteiger partial charge in [-0.05, 0) is 23.8 Å². The number of hydrogen-bond donors (Lipinski definition) is 1. The fourth-order valence-corrected chi connectivity index (χ4v) is 1.31. The minimum Gasteiger partial charge on any atom is -0.406 e. The Bertz CT molecular complexity index is 448. The number of rotatable bonds is 3. The number of hydrogen-bond acceptors (Lipinski definition) is 2. The third-order valence-corrected chi connectivity index (χ3v) is 2.26. The average molecular weight is 286 g/mol. The van der Waals surface area contributed by atoms with E-state index in [0.717, 1.165) is 0 Å². The van der Waals surface area contributed by atoms with Gasteiger partial charge in [0.05, 0.1) is 0 Å². The molecule has 0 radical (unpaired) electrons. The van der Waals surface area contributed by atoms with Crippen LogP contribution in [0.4, 0.5) is 26.3 Å². The molecule has 0 aliphatic heterocycles. The van der Waals surface area contributed by atoms with Crippen molar-refractivity contribution < 1.29 is 36.2 Å². The Morgan fingerprint density at radius 1 is 1.00 bits per heavy atom. The first kappa shape index (κ1) is 15.4. The molecule has 1 rings (SSSR count). The van der Waals surface area contributed by atoms with Crippen LogP contribution in [0.5, 0.6) is 5.75 Å². The molecule has 0 saturated carbocycles. The molecule has 1 aromatic carbocycles. The maximum absolute atomic E-state index is 12.6. The van der Waals surface area contributed by atoms with Gasteiger partial charge in [-0.1, -0.05) is 18.7 Å². The smallest absolute Gasteiger partial charge is 0.406 e. The standard InChI is InChI=1S/C11H8F6O2/c1-2-9(18,10(12,13)14)7-3-5-8(6-4-7)19-11(15,16)17/h2-6,18H,1H2. The van der Waals surface area contributed by atoms with Crippen LogP contribution in [0.15, 0.2) is 36.9 Å². The zero-order valence-electron chi connectivity index (χ0n) is 9.22. The van der Waals surface area contributed by atoms with Gasteiger partial charge in [-0.25, -0.2) is 0 Å². The van der Waals surface area contributed by atoms with E-state index in [0.29, 0.717) is 24.3 Å². The van der Waals surface area contributed by atoms with Crippen LogP contribution in [0.3, 0.4) is 0 Å². The highest BCUT2D eigenvalue weighted by Gasteiger charge is 2.52. The molecule has 0 aliphatic rings. The molecule has 1 N–H and O–H groups in total. The van der Waals surface area contributed by atoms with Crippen molar-refractivity contribution in [3.63, 3.8) is 0 Å². The van der Waals surface area contributed by atoms with Crippen molar-refractivity contribution in [1.82, 2.24) is 0 Å². The minimum atomic E-state index is -5.04. The summed E-state index contributed by atoms with van der Waals surface area (Å²) in [6.45, 7) is 2.88. The number of halogens is 6. The predicted molar refractivity (Wildman–Crippen MR) is 53.3 cm³/mol. The summed E-state index contributed by atoms with van der Waals surface area (Å²) < 4.78 is 77.0.